The summed E-state index contributed by atoms with van der Waals surface area (Å²) >= 11 is 3.63. The minimum Gasteiger partial charge on any atom is -0.395 e. The van der Waals surface area contributed by atoms with Crippen LogP contribution in [0.15, 0.2) is 28.7 Å². The maximum absolute atomic E-state index is 9.36. The molecule has 3 nitrogen and oxygen atoms in total. The fraction of sp³-hybridized carbons (Fsp3) is 0.600. The molecular weight excluding hydrogens is 304 g/mol. The van der Waals surface area contributed by atoms with E-state index in [-0.39, 0.29) is 18.7 Å². The maximum Gasteiger partial charge on any atom is 0.0558 e. The van der Waals surface area contributed by atoms with Crippen molar-refractivity contribution in [3.8, 4) is 0 Å². The normalized spacial score (nSPS) is 19.2. The third-order valence-corrected chi connectivity index (χ3v) is 4.70. The van der Waals surface area contributed by atoms with Crippen molar-refractivity contribution in [3.63, 3.8) is 0 Å². The average Bonchev–Trinajstić information content (AvgIpc) is 2.29. The van der Waals surface area contributed by atoms with Crippen LogP contribution in [0.3, 0.4) is 0 Å². The van der Waals surface area contributed by atoms with E-state index >= 15 is 0 Å². The van der Waals surface area contributed by atoms with Gasteiger partial charge in [0, 0.05) is 23.1 Å². The van der Waals surface area contributed by atoms with Gasteiger partial charge in [-0.1, -0.05) is 40.5 Å². The Morgan fingerprint density at radius 1 is 1.42 bits per heavy atom. The molecule has 0 aliphatic heterocycles. The van der Waals surface area contributed by atoms with E-state index in [1.54, 1.807) is 0 Å². The van der Waals surface area contributed by atoms with Crippen molar-refractivity contribution in [2.24, 2.45) is 5.73 Å². The number of nitrogens with zero attached hydrogens (tertiary/aromatic N) is 1. The molecule has 0 aromatic heterocycles. The molecule has 2 atom stereocenters. The Labute approximate surface area is 123 Å². The molecule has 4 heteroatoms. The Morgan fingerprint density at radius 3 is 2.58 bits per heavy atom. The van der Waals surface area contributed by atoms with Crippen LogP contribution < -0.4 is 5.73 Å². The molecule has 106 valence electrons. The van der Waals surface area contributed by atoms with Gasteiger partial charge in [-0.2, -0.15) is 0 Å². The lowest BCUT2D eigenvalue weighted by Crippen LogP contribution is -2.49. The van der Waals surface area contributed by atoms with Crippen LogP contribution >= 0.6 is 15.9 Å². The molecule has 2 unspecified atom stereocenters. The summed E-state index contributed by atoms with van der Waals surface area (Å²) < 4.78 is 1.10. The van der Waals surface area contributed by atoms with E-state index in [9.17, 15) is 5.11 Å². The first-order chi connectivity index (χ1) is 9.15. The lowest BCUT2D eigenvalue weighted by atomic mass is 9.87. The minimum absolute atomic E-state index is 0.0332. The first-order valence-corrected chi connectivity index (χ1v) is 7.81. The van der Waals surface area contributed by atoms with Gasteiger partial charge in [0.2, 0.25) is 0 Å². The summed E-state index contributed by atoms with van der Waals surface area (Å²) in [5.41, 5.74) is 7.46. The van der Waals surface area contributed by atoms with Crippen LogP contribution in [0.1, 0.15) is 37.8 Å². The van der Waals surface area contributed by atoms with Gasteiger partial charge < -0.3 is 10.8 Å². The molecule has 0 radical (unpaired) electrons. The molecule has 1 aliphatic carbocycles. The molecule has 1 aromatic carbocycles. The molecular formula is C15H23BrN2O. The average molecular weight is 327 g/mol. The van der Waals surface area contributed by atoms with Gasteiger partial charge in [0.25, 0.3) is 0 Å². The summed E-state index contributed by atoms with van der Waals surface area (Å²) in [5, 5.41) is 9.36. The largest absolute Gasteiger partial charge is 0.395 e. The van der Waals surface area contributed by atoms with E-state index in [0.717, 1.165) is 4.47 Å². The van der Waals surface area contributed by atoms with Gasteiger partial charge in [0.15, 0.2) is 0 Å². The molecule has 3 N–H and O–H groups in total. The second-order valence-corrected chi connectivity index (χ2v) is 6.23. The zero-order valence-corrected chi connectivity index (χ0v) is 13.0. The van der Waals surface area contributed by atoms with E-state index in [2.05, 4.69) is 33.0 Å². The van der Waals surface area contributed by atoms with E-state index < -0.39 is 0 Å². The Hall–Kier alpha value is -0.420. The highest BCUT2D eigenvalue weighted by molar-refractivity contribution is 9.10. The standard InChI is InChI=1S/C15H23BrN2O/c1-11(17)15(13-7-2-3-8-14(13)16)18(9-10-19)12-5-4-6-12/h2-3,7-8,11-12,15,19H,4-6,9-10,17H2,1H3. The van der Waals surface area contributed by atoms with Crippen LogP contribution in [-0.2, 0) is 0 Å². The lowest BCUT2D eigenvalue weighted by Gasteiger charge is -2.44. The Kier molecular flexibility index (Phi) is 5.39. The molecule has 1 aliphatic rings. The number of benzene rings is 1. The van der Waals surface area contributed by atoms with Crippen molar-refractivity contribution >= 4 is 15.9 Å². The smallest absolute Gasteiger partial charge is 0.0558 e. The summed E-state index contributed by atoms with van der Waals surface area (Å²) in [6.07, 6.45) is 3.72. The van der Waals surface area contributed by atoms with Gasteiger partial charge in [-0.3, -0.25) is 4.90 Å². The van der Waals surface area contributed by atoms with Crippen molar-refractivity contribution in [2.75, 3.05) is 13.2 Å². The first-order valence-electron chi connectivity index (χ1n) is 7.01. The van der Waals surface area contributed by atoms with Crippen molar-refractivity contribution in [1.29, 1.82) is 0 Å². The zero-order chi connectivity index (χ0) is 13.8. The molecule has 1 aromatic rings. The van der Waals surface area contributed by atoms with Crippen LogP contribution in [0.25, 0.3) is 0 Å². The number of halogens is 1. The van der Waals surface area contributed by atoms with Crippen LogP contribution in [0.5, 0.6) is 0 Å². The number of hydrogen-bond donors (Lipinski definition) is 2. The van der Waals surface area contributed by atoms with Gasteiger partial charge >= 0.3 is 0 Å². The highest BCUT2D eigenvalue weighted by atomic mass is 79.9. The van der Waals surface area contributed by atoms with E-state index in [1.165, 1.54) is 24.8 Å². The fourth-order valence-electron chi connectivity index (χ4n) is 2.86. The summed E-state index contributed by atoms with van der Waals surface area (Å²) in [6, 6.07) is 9.01. The molecule has 0 amide bonds. The third kappa shape index (κ3) is 3.37. The molecule has 0 saturated heterocycles. The molecule has 0 bridgehead atoms. The van der Waals surface area contributed by atoms with Crippen molar-refractivity contribution in [1.82, 2.24) is 4.90 Å². The predicted molar refractivity (Wildman–Crippen MR) is 82.0 cm³/mol. The van der Waals surface area contributed by atoms with Gasteiger partial charge in [0.1, 0.15) is 0 Å². The van der Waals surface area contributed by atoms with Crippen molar-refractivity contribution < 1.29 is 5.11 Å². The van der Waals surface area contributed by atoms with Gasteiger partial charge in [0.05, 0.1) is 12.6 Å². The Bertz CT molecular complexity index is 407. The zero-order valence-electron chi connectivity index (χ0n) is 11.4. The highest BCUT2D eigenvalue weighted by Gasteiger charge is 2.33. The monoisotopic (exact) mass is 326 g/mol. The number of aliphatic hydroxyl groups is 1. The third-order valence-electron chi connectivity index (χ3n) is 3.98. The second-order valence-electron chi connectivity index (χ2n) is 5.37. The Balaban J connectivity index is 2.29. The van der Waals surface area contributed by atoms with Crippen LogP contribution in [-0.4, -0.2) is 35.2 Å². The van der Waals surface area contributed by atoms with Crippen LogP contribution in [0.4, 0.5) is 0 Å². The van der Waals surface area contributed by atoms with Crippen LogP contribution in [0.2, 0.25) is 0 Å². The van der Waals surface area contributed by atoms with Gasteiger partial charge in [-0.25, -0.2) is 0 Å². The van der Waals surface area contributed by atoms with E-state index in [0.29, 0.717) is 12.6 Å². The number of rotatable bonds is 6. The topological polar surface area (TPSA) is 49.5 Å². The first kappa shape index (κ1) is 15.0. The molecule has 0 spiro atoms. The SMILES string of the molecule is CC(N)C(c1ccccc1Br)N(CCO)C1CCC1. The van der Waals surface area contributed by atoms with E-state index in [1.807, 2.05) is 19.1 Å². The summed E-state index contributed by atoms with van der Waals surface area (Å²) in [5.74, 6) is 0. The number of nitrogens with two attached hydrogens (primary N) is 1. The highest BCUT2D eigenvalue weighted by Crippen LogP contribution is 2.36. The quantitative estimate of drug-likeness (QED) is 0.845. The predicted octanol–water partition coefficient (Wildman–Crippen LogP) is 2.68. The Morgan fingerprint density at radius 2 is 2.11 bits per heavy atom. The second kappa shape index (κ2) is 6.84. The van der Waals surface area contributed by atoms with Crippen molar-refractivity contribution in [2.45, 2.75) is 44.3 Å². The lowest BCUT2D eigenvalue weighted by molar-refractivity contribution is 0.0501. The molecule has 1 saturated carbocycles. The molecule has 2 rings (SSSR count). The maximum atomic E-state index is 9.36. The van der Waals surface area contributed by atoms with Gasteiger partial charge in [-0.05, 0) is 31.4 Å². The van der Waals surface area contributed by atoms with Gasteiger partial charge in [-0.15, -0.1) is 0 Å². The summed E-state index contributed by atoms with van der Waals surface area (Å²) in [4.78, 5) is 2.38. The van der Waals surface area contributed by atoms with Crippen LogP contribution in [0, 0.1) is 0 Å². The van der Waals surface area contributed by atoms with E-state index in [4.69, 9.17) is 5.73 Å². The minimum atomic E-state index is 0.0332. The number of aliphatic hydroxyl groups excluding tert-OH is 1. The summed E-state index contributed by atoms with van der Waals surface area (Å²) in [7, 11) is 0. The molecule has 19 heavy (non-hydrogen) atoms. The molecule has 1 fully saturated rings. The summed E-state index contributed by atoms with van der Waals surface area (Å²) in [6.45, 7) is 2.93. The number of hydrogen-bond acceptors (Lipinski definition) is 3. The molecule has 0 heterocycles. The van der Waals surface area contributed by atoms with Crippen molar-refractivity contribution in [3.05, 3.63) is 34.3 Å². The fourth-order valence-corrected chi connectivity index (χ4v) is 3.38.